The predicted molar refractivity (Wildman–Crippen MR) is 88.6 cm³/mol. The number of rotatable bonds is 2. The first-order valence-corrected chi connectivity index (χ1v) is 7.35. The van der Waals surface area contributed by atoms with Crippen LogP contribution < -0.4 is 0 Å². The van der Waals surface area contributed by atoms with Crippen molar-refractivity contribution in [2.45, 2.75) is 6.42 Å². The molecule has 0 heterocycles. The number of fused-ring (bicyclic) bond motifs is 3. The number of benzene rings is 3. The van der Waals surface area contributed by atoms with E-state index in [1.807, 2.05) is 12.1 Å². The van der Waals surface area contributed by atoms with E-state index in [9.17, 15) is 10.2 Å². The highest BCUT2D eigenvalue weighted by Gasteiger charge is 2.17. The van der Waals surface area contributed by atoms with Gasteiger partial charge in [0.1, 0.15) is 17.2 Å². The Morgan fingerprint density at radius 2 is 1.57 bits per heavy atom. The van der Waals surface area contributed by atoms with Gasteiger partial charge in [-0.1, -0.05) is 30.3 Å². The van der Waals surface area contributed by atoms with Crippen LogP contribution >= 0.6 is 0 Å². The standard InChI is InChI=1S/C19H14N2O2/c22-15-6-8-18(19(23)11-15)21-20-14-5-7-17-13(10-14)9-12-3-1-2-4-16(12)17/h1-8,10-11,22-23H,9H2/b21-20+. The van der Waals surface area contributed by atoms with Crippen LogP contribution in [0.3, 0.4) is 0 Å². The van der Waals surface area contributed by atoms with Crippen molar-refractivity contribution in [3.8, 4) is 22.6 Å². The summed E-state index contributed by atoms with van der Waals surface area (Å²) < 4.78 is 0. The molecule has 0 spiro atoms. The highest BCUT2D eigenvalue weighted by atomic mass is 16.3. The molecule has 0 atom stereocenters. The number of aromatic hydroxyl groups is 2. The van der Waals surface area contributed by atoms with Crippen molar-refractivity contribution in [2.24, 2.45) is 10.2 Å². The average Bonchev–Trinajstić information content (AvgIpc) is 2.91. The lowest BCUT2D eigenvalue weighted by molar-refractivity contribution is 0.451. The molecule has 0 fully saturated rings. The molecule has 4 rings (SSSR count). The molecule has 0 unspecified atom stereocenters. The second-order valence-corrected chi connectivity index (χ2v) is 5.55. The van der Waals surface area contributed by atoms with Crippen molar-refractivity contribution in [2.75, 3.05) is 0 Å². The molecule has 4 nitrogen and oxygen atoms in total. The first-order valence-electron chi connectivity index (χ1n) is 7.35. The van der Waals surface area contributed by atoms with Crippen LogP contribution in [0.2, 0.25) is 0 Å². The van der Waals surface area contributed by atoms with Gasteiger partial charge in [-0.05, 0) is 52.9 Å². The van der Waals surface area contributed by atoms with Crippen molar-refractivity contribution >= 4 is 11.4 Å². The summed E-state index contributed by atoms with van der Waals surface area (Å²) in [5, 5.41) is 27.3. The van der Waals surface area contributed by atoms with Crippen molar-refractivity contribution in [1.82, 2.24) is 0 Å². The van der Waals surface area contributed by atoms with E-state index >= 15 is 0 Å². The van der Waals surface area contributed by atoms with E-state index in [4.69, 9.17) is 0 Å². The van der Waals surface area contributed by atoms with Gasteiger partial charge in [0.15, 0.2) is 0 Å². The molecule has 1 aliphatic rings. The van der Waals surface area contributed by atoms with E-state index in [0.29, 0.717) is 5.69 Å². The normalized spacial score (nSPS) is 12.3. The summed E-state index contributed by atoms with van der Waals surface area (Å²) in [6.07, 6.45) is 0.902. The van der Waals surface area contributed by atoms with Gasteiger partial charge >= 0.3 is 0 Å². The molecule has 0 aromatic heterocycles. The van der Waals surface area contributed by atoms with E-state index in [2.05, 4.69) is 40.6 Å². The van der Waals surface area contributed by atoms with Crippen LogP contribution in [0.15, 0.2) is 70.9 Å². The Hall–Kier alpha value is -3.14. The van der Waals surface area contributed by atoms with Crippen LogP contribution in [-0.4, -0.2) is 10.2 Å². The molecule has 2 N–H and O–H groups in total. The van der Waals surface area contributed by atoms with Gasteiger partial charge in [0, 0.05) is 6.07 Å². The monoisotopic (exact) mass is 302 g/mol. The maximum atomic E-state index is 9.73. The van der Waals surface area contributed by atoms with Gasteiger partial charge in [0.2, 0.25) is 0 Å². The maximum absolute atomic E-state index is 9.73. The van der Waals surface area contributed by atoms with Gasteiger partial charge in [-0.2, -0.15) is 5.11 Å². The second-order valence-electron chi connectivity index (χ2n) is 5.55. The lowest BCUT2D eigenvalue weighted by atomic mass is 10.1. The number of hydrogen-bond donors (Lipinski definition) is 2. The van der Waals surface area contributed by atoms with Gasteiger partial charge in [-0.25, -0.2) is 0 Å². The van der Waals surface area contributed by atoms with Crippen molar-refractivity contribution in [3.05, 3.63) is 71.8 Å². The fourth-order valence-electron chi connectivity index (χ4n) is 2.90. The predicted octanol–water partition coefficient (Wildman–Crippen LogP) is 5.08. The Balaban J connectivity index is 1.65. The molecule has 0 radical (unpaired) electrons. The third kappa shape index (κ3) is 2.44. The van der Waals surface area contributed by atoms with Crippen LogP contribution in [0.4, 0.5) is 11.4 Å². The minimum Gasteiger partial charge on any atom is -0.508 e. The Bertz CT molecular complexity index is 932. The van der Waals surface area contributed by atoms with Gasteiger partial charge < -0.3 is 10.2 Å². The number of hydrogen-bond acceptors (Lipinski definition) is 4. The van der Waals surface area contributed by atoms with Crippen LogP contribution in [-0.2, 0) is 6.42 Å². The molecular formula is C19H14N2O2. The largest absolute Gasteiger partial charge is 0.508 e. The van der Waals surface area contributed by atoms with Gasteiger partial charge in [-0.3, -0.25) is 0 Å². The second kappa shape index (κ2) is 5.25. The summed E-state index contributed by atoms with van der Waals surface area (Å²) in [4.78, 5) is 0. The minimum atomic E-state index is -0.0951. The first-order chi connectivity index (χ1) is 11.2. The molecule has 0 saturated heterocycles. The third-order valence-corrected chi connectivity index (χ3v) is 4.01. The maximum Gasteiger partial charge on any atom is 0.146 e. The van der Waals surface area contributed by atoms with E-state index in [1.54, 1.807) is 0 Å². The van der Waals surface area contributed by atoms with Crippen LogP contribution in [0.5, 0.6) is 11.5 Å². The zero-order valence-corrected chi connectivity index (χ0v) is 12.3. The summed E-state index contributed by atoms with van der Waals surface area (Å²) in [6.45, 7) is 0. The quantitative estimate of drug-likeness (QED) is 0.507. The zero-order valence-electron chi connectivity index (χ0n) is 12.3. The molecule has 0 bridgehead atoms. The fraction of sp³-hybridized carbons (Fsp3) is 0.0526. The number of nitrogens with zero attached hydrogens (tertiary/aromatic N) is 2. The van der Waals surface area contributed by atoms with Crippen LogP contribution in [0.1, 0.15) is 11.1 Å². The van der Waals surface area contributed by atoms with E-state index in [0.717, 1.165) is 12.1 Å². The molecular weight excluding hydrogens is 288 g/mol. The Morgan fingerprint density at radius 3 is 2.43 bits per heavy atom. The Morgan fingerprint density at radius 1 is 0.739 bits per heavy atom. The highest BCUT2D eigenvalue weighted by Crippen LogP contribution is 2.38. The summed E-state index contributed by atoms with van der Waals surface area (Å²) in [5.41, 5.74) is 6.15. The van der Waals surface area contributed by atoms with Crippen LogP contribution in [0, 0.1) is 0 Å². The van der Waals surface area contributed by atoms with Crippen molar-refractivity contribution < 1.29 is 10.2 Å². The number of phenolic OH excluding ortho intramolecular Hbond substituents is 2. The molecule has 0 saturated carbocycles. The Kier molecular flexibility index (Phi) is 3.08. The summed E-state index contributed by atoms with van der Waals surface area (Å²) in [7, 11) is 0. The van der Waals surface area contributed by atoms with E-state index < -0.39 is 0 Å². The highest BCUT2D eigenvalue weighted by molar-refractivity contribution is 5.78. The summed E-state index contributed by atoms with van der Waals surface area (Å²) in [6, 6.07) is 18.6. The molecule has 4 heteroatoms. The van der Waals surface area contributed by atoms with Gasteiger partial charge in [0.05, 0.1) is 5.69 Å². The lowest BCUT2D eigenvalue weighted by Gasteiger charge is -2.02. The minimum absolute atomic E-state index is 0.00301. The van der Waals surface area contributed by atoms with Gasteiger partial charge in [-0.15, -0.1) is 5.11 Å². The molecule has 23 heavy (non-hydrogen) atoms. The first kappa shape index (κ1) is 13.5. The SMILES string of the molecule is Oc1ccc(/N=N/c2ccc3c(c2)Cc2ccccc2-3)c(O)c1. The molecule has 0 amide bonds. The van der Waals surface area contributed by atoms with Crippen LogP contribution in [0.25, 0.3) is 11.1 Å². The topological polar surface area (TPSA) is 65.2 Å². The van der Waals surface area contributed by atoms with E-state index in [1.165, 1.54) is 40.5 Å². The Labute approximate surface area is 133 Å². The zero-order chi connectivity index (χ0) is 15.8. The molecule has 112 valence electrons. The summed E-state index contributed by atoms with van der Waals surface area (Å²) >= 11 is 0. The van der Waals surface area contributed by atoms with Crippen molar-refractivity contribution in [3.63, 3.8) is 0 Å². The van der Waals surface area contributed by atoms with Gasteiger partial charge in [0.25, 0.3) is 0 Å². The molecule has 1 aliphatic carbocycles. The molecule has 0 aliphatic heterocycles. The smallest absolute Gasteiger partial charge is 0.146 e. The fourth-order valence-corrected chi connectivity index (χ4v) is 2.90. The summed E-state index contributed by atoms with van der Waals surface area (Å²) in [5.74, 6) is -0.0981. The van der Waals surface area contributed by atoms with Crippen molar-refractivity contribution in [1.29, 1.82) is 0 Å². The molecule has 3 aromatic carbocycles. The van der Waals surface area contributed by atoms with E-state index in [-0.39, 0.29) is 11.5 Å². The third-order valence-electron chi connectivity index (χ3n) is 4.01. The number of phenols is 2. The molecule has 3 aromatic rings. The average molecular weight is 302 g/mol. The number of azo groups is 1. The lowest BCUT2D eigenvalue weighted by Crippen LogP contribution is -1.78.